The van der Waals surface area contributed by atoms with Crippen LogP contribution in [0.4, 0.5) is 5.69 Å². The number of rotatable bonds is 7. The third kappa shape index (κ3) is 6.51. The highest BCUT2D eigenvalue weighted by Crippen LogP contribution is 2.27. The Morgan fingerprint density at radius 1 is 1.11 bits per heavy atom. The van der Waals surface area contributed by atoms with E-state index in [4.69, 9.17) is 16.3 Å². The van der Waals surface area contributed by atoms with Crippen molar-refractivity contribution in [3.8, 4) is 5.75 Å². The summed E-state index contributed by atoms with van der Waals surface area (Å²) >= 11 is 6.05. The summed E-state index contributed by atoms with van der Waals surface area (Å²) in [6.45, 7) is 5.36. The van der Waals surface area contributed by atoms with E-state index >= 15 is 0 Å². The van der Waals surface area contributed by atoms with Crippen molar-refractivity contribution in [2.75, 3.05) is 12.4 Å². The van der Waals surface area contributed by atoms with Gasteiger partial charge in [0.25, 0.3) is 0 Å². The molecule has 0 atom stereocenters. The lowest BCUT2D eigenvalue weighted by molar-refractivity contribution is -0.116. The highest BCUT2D eigenvalue weighted by molar-refractivity contribution is 7.89. The van der Waals surface area contributed by atoms with E-state index in [1.165, 1.54) is 7.11 Å². The maximum atomic E-state index is 12.3. The molecule has 2 rings (SSSR count). The number of nitrogens with one attached hydrogen (secondary N) is 2. The predicted molar refractivity (Wildman–Crippen MR) is 111 cm³/mol. The van der Waals surface area contributed by atoms with Crippen LogP contribution in [-0.2, 0) is 21.2 Å². The standard InChI is InChI=1S/C20H25ClN2O4S/c1-20(2,3)23-28(25,26)16-9-5-14(6-10-16)7-12-19(24)22-15-8-11-18(27-4)17(21)13-15/h5-6,8-11,13,23H,7,12H2,1-4H3,(H,22,24). The molecular weight excluding hydrogens is 400 g/mol. The van der Waals surface area contributed by atoms with E-state index in [1.807, 2.05) is 0 Å². The molecule has 2 aromatic carbocycles. The average Bonchev–Trinajstić information content (AvgIpc) is 2.58. The zero-order valence-corrected chi connectivity index (χ0v) is 17.9. The van der Waals surface area contributed by atoms with Gasteiger partial charge in [0.2, 0.25) is 15.9 Å². The minimum atomic E-state index is -3.57. The maximum absolute atomic E-state index is 12.3. The fourth-order valence-electron chi connectivity index (χ4n) is 2.52. The number of carbonyl (C=O) groups is 1. The monoisotopic (exact) mass is 424 g/mol. The van der Waals surface area contributed by atoms with E-state index in [-0.39, 0.29) is 17.2 Å². The zero-order chi connectivity index (χ0) is 20.9. The SMILES string of the molecule is COc1ccc(NC(=O)CCc2ccc(S(=O)(=O)NC(C)(C)C)cc2)cc1Cl. The molecule has 1 amide bonds. The quantitative estimate of drug-likeness (QED) is 0.703. The van der Waals surface area contributed by atoms with Crippen LogP contribution in [0, 0.1) is 0 Å². The lowest BCUT2D eigenvalue weighted by Gasteiger charge is -2.20. The maximum Gasteiger partial charge on any atom is 0.241 e. The first-order valence-corrected chi connectivity index (χ1v) is 10.6. The Hall–Kier alpha value is -2.09. The van der Waals surface area contributed by atoms with Crippen LogP contribution in [0.3, 0.4) is 0 Å². The van der Waals surface area contributed by atoms with Gasteiger partial charge in [0, 0.05) is 17.6 Å². The molecule has 0 unspecified atom stereocenters. The van der Waals surface area contributed by atoms with Gasteiger partial charge < -0.3 is 10.1 Å². The van der Waals surface area contributed by atoms with E-state index in [9.17, 15) is 13.2 Å². The first-order valence-electron chi connectivity index (χ1n) is 8.76. The molecule has 0 spiro atoms. The molecule has 0 aliphatic heterocycles. The normalized spacial score (nSPS) is 11.9. The second-order valence-electron chi connectivity index (χ2n) is 7.40. The Morgan fingerprint density at radius 2 is 1.75 bits per heavy atom. The molecule has 28 heavy (non-hydrogen) atoms. The summed E-state index contributed by atoms with van der Waals surface area (Å²) in [4.78, 5) is 12.3. The molecule has 2 N–H and O–H groups in total. The highest BCUT2D eigenvalue weighted by Gasteiger charge is 2.21. The van der Waals surface area contributed by atoms with Crippen LogP contribution in [-0.4, -0.2) is 27.0 Å². The molecule has 152 valence electrons. The lowest BCUT2D eigenvalue weighted by atomic mass is 10.1. The van der Waals surface area contributed by atoms with Gasteiger partial charge >= 0.3 is 0 Å². The van der Waals surface area contributed by atoms with Crippen molar-refractivity contribution >= 4 is 33.2 Å². The van der Waals surface area contributed by atoms with Crippen molar-refractivity contribution in [3.05, 3.63) is 53.1 Å². The van der Waals surface area contributed by atoms with Crippen molar-refractivity contribution < 1.29 is 17.9 Å². The number of benzene rings is 2. The number of carbonyl (C=O) groups excluding carboxylic acids is 1. The van der Waals surface area contributed by atoms with E-state index in [2.05, 4.69) is 10.0 Å². The third-order valence-electron chi connectivity index (χ3n) is 3.75. The summed E-state index contributed by atoms with van der Waals surface area (Å²) in [5.74, 6) is 0.378. The van der Waals surface area contributed by atoms with Crippen molar-refractivity contribution in [3.63, 3.8) is 0 Å². The highest BCUT2D eigenvalue weighted by atomic mass is 35.5. The largest absolute Gasteiger partial charge is 0.495 e. The predicted octanol–water partition coefficient (Wildman–Crippen LogP) is 4.00. The van der Waals surface area contributed by atoms with E-state index in [1.54, 1.807) is 63.2 Å². The zero-order valence-electron chi connectivity index (χ0n) is 16.4. The summed E-state index contributed by atoms with van der Waals surface area (Å²) in [6, 6.07) is 11.5. The summed E-state index contributed by atoms with van der Waals surface area (Å²) in [7, 11) is -2.05. The molecule has 0 saturated heterocycles. The van der Waals surface area contributed by atoms with E-state index < -0.39 is 15.6 Å². The molecule has 2 aromatic rings. The van der Waals surface area contributed by atoms with Crippen molar-refractivity contribution in [2.24, 2.45) is 0 Å². The van der Waals surface area contributed by atoms with Crippen LogP contribution < -0.4 is 14.8 Å². The average molecular weight is 425 g/mol. The second-order valence-corrected chi connectivity index (χ2v) is 9.49. The number of hydrogen-bond acceptors (Lipinski definition) is 4. The van der Waals surface area contributed by atoms with Gasteiger partial charge in [0.05, 0.1) is 17.0 Å². The second kappa shape index (κ2) is 8.94. The van der Waals surface area contributed by atoms with Gasteiger partial charge in [0.15, 0.2) is 0 Å². The van der Waals surface area contributed by atoms with Gasteiger partial charge in [-0.25, -0.2) is 13.1 Å². The number of ether oxygens (including phenoxy) is 1. The van der Waals surface area contributed by atoms with Crippen LogP contribution in [0.5, 0.6) is 5.75 Å². The molecular formula is C20H25ClN2O4S. The number of halogens is 1. The minimum Gasteiger partial charge on any atom is -0.495 e. The molecule has 6 nitrogen and oxygen atoms in total. The number of sulfonamides is 1. The summed E-state index contributed by atoms with van der Waals surface area (Å²) < 4.78 is 32.3. The van der Waals surface area contributed by atoms with Gasteiger partial charge in [-0.1, -0.05) is 23.7 Å². The van der Waals surface area contributed by atoms with Crippen molar-refractivity contribution in [1.29, 1.82) is 0 Å². The van der Waals surface area contributed by atoms with Crippen LogP contribution in [0.1, 0.15) is 32.8 Å². The molecule has 8 heteroatoms. The third-order valence-corrected chi connectivity index (χ3v) is 5.82. The van der Waals surface area contributed by atoms with Crippen molar-refractivity contribution in [1.82, 2.24) is 4.72 Å². The minimum absolute atomic E-state index is 0.160. The molecule has 0 heterocycles. The van der Waals surface area contributed by atoms with Gasteiger partial charge in [-0.05, 0) is 63.1 Å². The number of amides is 1. The van der Waals surface area contributed by atoms with E-state index in [0.717, 1.165) is 5.56 Å². The molecule has 0 bridgehead atoms. The fraction of sp³-hybridized carbons (Fsp3) is 0.350. The summed E-state index contributed by atoms with van der Waals surface area (Å²) in [5, 5.41) is 3.20. The molecule has 0 aliphatic carbocycles. The Balaban J connectivity index is 1.94. The number of methoxy groups -OCH3 is 1. The van der Waals surface area contributed by atoms with Crippen LogP contribution in [0.25, 0.3) is 0 Å². The topological polar surface area (TPSA) is 84.5 Å². The molecule has 0 fully saturated rings. The number of hydrogen-bond donors (Lipinski definition) is 2. The molecule has 0 saturated carbocycles. The summed E-state index contributed by atoms with van der Waals surface area (Å²) in [5.41, 5.74) is 0.906. The Bertz CT molecular complexity index is 936. The Morgan fingerprint density at radius 3 is 2.29 bits per heavy atom. The molecule has 0 aromatic heterocycles. The smallest absolute Gasteiger partial charge is 0.241 e. The van der Waals surface area contributed by atoms with Gasteiger partial charge in [-0.2, -0.15) is 0 Å². The Labute approximate surface area is 171 Å². The first kappa shape index (κ1) is 22.2. The lowest BCUT2D eigenvalue weighted by Crippen LogP contribution is -2.40. The molecule has 0 aliphatic rings. The summed E-state index contributed by atoms with van der Waals surface area (Å²) in [6.07, 6.45) is 0.749. The first-order chi connectivity index (χ1) is 13.0. The fourth-order valence-corrected chi connectivity index (χ4v) is 4.20. The van der Waals surface area contributed by atoms with Crippen LogP contribution in [0.15, 0.2) is 47.4 Å². The van der Waals surface area contributed by atoms with Gasteiger partial charge in [-0.3, -0.25) is 4.79 Å². The van der Waals surface area contributed by atoms with Crippen LogP contribution in [0.2, 0.25) is 5.02 Å². The van der Waals surface area contributed by atoms with E-state index in [0.29, 0.717) is 22.9 Å². The molecule has 0 radical (unpaired) electrons. The number of anilines is 1. The van der Waals surface area contributed by atoms with Crippen molar-refractivity contribution in [2.45, 2.75) is 44.0 Å². The number of aryl methyl sites for hydroxylation is 1. The van der Waals surface area contributed by atoms with Gasteiger partial charge in [0.1, 0.15) is 5.75 Å². The van der Waals surface area contributed by atoms with Gasteiger partial charge in [-0.15, -0.1) is 0 Å². The Kier molecular flexibility index (Phi) is 7.09. The van der Waals surface area contributed by atoms with Crippen LogP contribution >= 0.6 is 11.6 Å².